The molecule has 6 heteroatoms. The molecule has 0 bridgehead atoms. The van der Waals surface area contributed by atoms with Crippen LogP contribution >= 0.6 is 11.3 Å². The van der Waals surface area contributed by atoms with Gasteiger partial charge in [0, 0.05) is 42.4 Å². The van der Waals surface area contributed by atoms with Crippen molar-refractivity contribution < 1.29 is 0 Å². The van der Waals surface area contributed by atoms with Gasteiger partial charge in [0.15, 0.2) is 5.13 Å². The molecule has 2 aliphatic rings. The molecule has 1 aliphatic heterocycles. The maximum absolute atomic E-state index is 4.53. The standard InChI is InChI=1S/C15H19N5S/c1-11-8-17-15(21-11)19-7-5-13(9-19)20(12-2-3-12)14-4-6-16-10-18-14/h4,6,8,10,12-13H,2-3,5,7,9H2,1H3. The molecule has 1 aliphatic carbocycles. The minimum Gasteiger partial charge on any atom is -0.349 e. The fraction of sp³-hybridized carbons (Fsp3) is 0.533. The third-order valence-corrected chi connectivity index (χ3v) is 5.18. The summed E-state index contributed by atoms with van der Waals surface area (Å²) < 4.78 is 0. The largest absolute Gasteiger partial charge is 0.349 e. The normalized spacial score (nSPS) is 21.8. The van der Waals surface area contributed by atoms with Crippen LogP contribution in [0.2, 0.25) is 0 Å². The summed E-state index contributed by atoms with van der Waals surface area (Å²) in [5, 5.41) is 1.16. The molecule has 4 rings (SSSR count). The second kappa shape index (κ2) is 5.26. The van der Waals surface area contributed by atoms with Crippen molar-refractivity contribution in [1.82, 2.24) is 15.0 Å². The summed E-state index contributed by atoms with van der Waals surface area (Å²) >= 11 is 1.79. The third-order valence-electron chi connectivity index (χ3n) is 4.21. The van der Waals surface area contributed by atoms with Crippen molar-refractivity contribution in [2.24, 2.45) is 0 Å². The Morgan fingerprint density at radius 1 is 1.24 bits per heavy atom. The molecule has 5 nitrogen and oxygen atoms in total. The molecule has 1 saturated heterocycles. The Labute approximate surface area is 128 Å². The lowest BCUT2D eigenvalue weighted by Gasteiger charge is -2.30. The highest BCUT2D eigenvalue weighted by atomic mass is 32.1. The maximum atomic E-state index is 4.53. The zero-order valence-electron chi connectivity index (χ0n) is 12.1. The molecule has 21 heavy (non-hydrogen) atoms. The zero-order chi connectivity index (χ0) is 14.2. The monoisotopic (exact) mass is 301 g/mol. The Hall–Kier alpha value is -1.69. The second-order valence-electron chi connectivity index (χ2n) is 5.85. The second-order valence-corrected chi connectivity index (χ2v) is 7.06. The lowest BCUT2D eigenvalue weighted by molar-refractivity contribution is 0.625. The van der Waals surface area contributed by atoms with E-state index in [0.717, 1.165) is 24.0 Å². The first-order valence-corrected chi connectivity index (χ1v) is 8.34. The molecule has 0 amide bonds. The van der Waals surface area contributed by atoms with E-state index in [0.29, 0.717) is 12.1 Å². The van der Waals surface area contributed by atoms with Gasteiger partial charge in [0.25, 0.3) is 0 Å². The first kappa shape index (κ1) is 13.0. The van der Waals surface area contributed by atoms with E-state index in [2.05, 4.69) is 31.7 Å². The third kappa shape index (κ3) is 2.60. The van der Waals surface area contributed by atoms with Crippen LogP contribution in [0.25, 0.3) is 0 Å². The minimum atomic E-state index is 0.539. The van der Waals surface area contributed by atoms with Crippen LogP contribution in [0.15, 0.2) is 24.8 Å². The van der Waals surface area contributed by atoms with Crippen LogP contribution in [0.4, 0.5) is 10.9 Å². The molecule has 0 radical (unpaired) electrons. The first-order chi connectivity index (χ1) is 10.3. The van der Waals surface area contributed by atoms with Crippen molar-refractivity contribution in [3.63, 3.8) is 0 Å². The molecular weight excluding hydrogens is 282 g/mol. The van der Waals surface area contributed by atoms with Crippen molar-refractivity contribution in [1.29, 1.82) is 0 Å². The molecule has 2 aromatic rings. The van der Waals surface area contributed by atoms with E-state index in [1.807, 2.05) is 18.5 Å². The van der Waals surface area contributed by atoms with E-state index >= 15 is 0 Å². The van der Waals surface area contributed by atoms with Gasteiger partial charge >= 0.3 is 0 Å². The van der Waals surface area contributed by atoms with Gasteiger partial charge in [-0.1, -0.05) is 0 Å². The number of anilines is 2. The Bertz CT molecular complexity index is 610. The quantitative estimate of drug-likeness (QED) is 0.868. The number of hydrogen-bond acceptors (Lipinski definition) is 6. The summed E-state index contributed by atoms with van der Waals surface area (Å²) in [5.74, 6) is 1.08. The molecule has 1 atom stereocenters. The van der Waals surface area contributed by atoms with Crippen LogP contribution in [0.5, 0.6) is 0 Å². The van der Waals surface area contributed by atoms with E-state index in [1.54, 1.807) is 17.7 Å². The molecule has 1 unspecified atom stereocenters. The van der Waals surface area contributed by atoms with Crippen LogP contribution in [0, 0.1) is 6.92 Å². The van der Waals surface area contributed by atoms with Crippen molar-refractivity contribution in [3.05, 3.63) is 29.7 Å². The van der Waals surface area contributed by atoms with E-state index in [1.165, 1.54) is 24.1 Å². The molecule has 110 valence electrons. The van der Waals surface area contributed by atoms with E-state index in [9.17, 15) is 0 Å². The molecule has 2 fully saturated rings. The average Bonchev–Trinajstić information content (AvgIpc) is 3.04. The topological polar surface area (TPSA) is 45.2 Å². The van der Waals surface area contributed by atoms with Crippen LogP contribution in [-0.2, 0) is 0 Å². The molecule has 0 spiro atoms. The predicted octanol–water partition coefficient (Wildman–Crippen LogP) is 2.49. The smallest absolute Gasteiger partial charge is 0.185 e. The number of aryl methyl sites for hydroxylation is 1. The number of nitrogens with zero attached hydrogens (tertiary/aromatic N) is 5. The Kier molecular flexibility index (Phi) is 3.25. The van der Waals surface area contributed by atoms with Gasteiger partial charge in [-0.3, -0.25) is 0 Å². The molecule has 3 heterocycles. The summed E-state index contributed by atoms with van der Waals surface area (Å²) in [6.07, 6.45) is 9.22. The van der Waals surface area contributed by atoms with Crippen LogP contribution < -0.4 is 9.80 Å². The Balaban J connectivity index is 1.53. The summed E-state index contributed by atoms with van der Waals surface area (Å²) in [5.41, 5.74) is 0. The van der Waals surface area contributed by atoms with Crippen molar-refractivity contribution >= 4 is 22.3 Å². The van der Waals surface area contributed by atoms with E-state index in [-0.39, 0.29) is 0 Å². The van der Waals surface area contributed by atoms with Crippen molar-refractivity contribution in [2.45, 2.75) is 38.3 Å². The minimum absolute atomic E-state index is 0.539. The predicted molar refractivity (Wildman–Crippen MR) is 85.0 cm³/mol. The molecule has 1 saturated carbocycles. The number of thiazole rings is 1. The lowest BCUT2D eigenvalue weighted by atomic mass is 10.2. The summed E-state index contributed by atoms with van der Waals surface area (Å²) in [6.45, 7) is 4.26. The highest BCUT2D eigenvalue weighted by molar-refractivity contribution is 7.15. The van der Waals surface area contributed by atoms with Crippen LogP contribution in [-0.4, -0.2) is 40.1 Å². The average molecular weight is 301 g/mol. The number of rotatable bonds is 4. The summed E-state index contributed by atoms with van der Waals surface area (Å²) in [6, 6.07) is 3.24. The van der Waals surface area contributed by atoms with Gasteiger partial charge < -0.3 is 9.80 Å². The van der Waals surface area contributed by atoms with Gasteiger partial charge in [0.2, 0.25) is 0 Å². The fourth-order valence-corrected chi connectivity index (χ4v) is 3.89. The van der Waals surface area contributed by atoms with E-state index < -0.39 is 0 Å². The molecule has 0 aromatic carbocycles. The van der Waals surface area contributed by atoms with Gasteiger partial charge in [-0.25, -0.2) is 15.0 Å². The van der Waals surface area contributed by atoms with Crippen molar-refractivity contribution in [2.75, 3.05) is 22.9 Å². The highest BCUT2D eigenvalue weighted by Crippen LogP contribution is 2.36. The molecule has 2 aromatic heterocycles. The maximum Gasteiger partial charge on any atom is 0.185 e. The first-order valence-electron chi connectivity index (χ1n) is 7.53. The van der Waals surface area contributed by atoms with Gasteiger partial charge in [0.1, 0.15) is 12.1 Å². The van der Waals surface area contributed by atoms with Crippen molar-refractivity contribution in [3.8, 4) is 0 Å². The number of aromatic nitrogens is 3. The zero-order valence-corrected chi connectivity index (χ0v) is 13.0. The lowest BCUT2D eigenvalue weighted by Crippen LogP contribution is -2.40. The SMILES string of the molecule is Cc1cnc(N2CCC(N(c3ccncn3)C3CC3)C2)s1. The van der Waals surface area contributed by atoms with Gasteiger partial charge in [-0.05, 0) is 32.3 Å². The highest BCUT2D eigenvalue weighted by Gasteiger charge is 2.38. The molecule has 0 N–H and O–H groups in total. The summed E-state index contributed by atoms with van der Waals surface area (Å²) in [4.78, 5) is 19.3. The van der Waals surface area contributed by atoms with Gasteiger partial charge in [-0.2, -0.15) is 0 Å². The Morgan fingerprint density at radius 2 is 2.14 bits per heavy atom. The van der Waals surface area contributed by atoms with Crippen LogP contribution in [0.3, 0.4) is 0 Å². The fourth-order valence-electron chi connectivity index (χ4n) is 3.09. The van der Waals surface area contributed by atoms with Gasteiger partial charge in [0.05, 0.1) is 0 Å². The van der Waals surface area contributed by atoms with Gasteiger partial charge in [-0.15, -0.1) is 11.3 Å². The number of hydrogen-bond donors (Lipinski definition) is 0. The molecular formula is C15H19N5S. The summed E-state index contributed by atoms with van der Waals surface area (Å²) in [7, 11) is 0. The van der Waals surface area contributed by atoms with Crippen LogP contribution in [0.1, 0.15) is 24.1 Å². The van der Waals surface area contributed by atoms with E-state index in [4.69, 9.17) is 0 Å². The Morgan fingerprint density at radius 3 is 2.81 bits per heavy atom.